The smallest absolute Gasteiger partial charge is 0.251 e. The Morgan fingerprint density at radius 1 is 1.03 bits per heavy atom. The summed E-state index contributed by atoms with van der Waals surface area (Å²) in [5.41, 5.74) is 6.09. The van der Waals surface area contributed by atoms with Crippen molar-refractivity contribution in [3.8, 4) is 5.69 Å². The molecule has 9 nitrogen and oxygen atoms in total. The van der Waals surface area contributed by atoms with E-state index < -0.39 is 0 Å². The van der Waals surface area contributed by atoms with E-state index in [1.165, 1.54) is 19.2 Å². The maximum Gasteiger partial charge on any atom is 0.251 e. The number of carbonyl (C=O) groups is 1. The number of benzene rings is 2. The van der Waals surface area contributed by atoms with Gasteiger partial charge >= 0.3 is 0 Å². The van der Waals surface area contributed by atoms with E-state index in [2.05, 4.69) is 35.8 Å². The molecule has 34 heavy (non-hydrogen) atoms. The van der Waals surface area contributed by atoms with Gasteiger partial charge in [-0.25, -0.2) is 14.6 Å². The summed E-state index contributed by atoms with van der Waals surface area (Å²) in [4.78, 5) is 23.4. The summed E-state index contributed by atoms with van der Waals surface area (Å²) in [6.45, 7) is 3.84. The highest BCUT2D eigenvalue weighted by molar-refractivity contribution is 5.95. The van der Waals surface area contributed by atoms with E-state index in [0.717, 1.165) is 36.3 Å². The molecule has 9 heteroatoms. The fourth-order valence-corrected chi connectivity index (χ4v) is 4.02. The van der Waals surface area contributed by atoms with Crippen molar-refractivity contribution >= 4 is 29.0 Å². The van der Waals surface area contributed by atoms with E-state index in [1.807, 2.05) is 42.5 Å². The molecule has 0 radical (unpaired) electrons. The minimum Gasteiger partial charge on any atom is -0.351 e. The van der Waals surface area contributed by atoms with Crippen LogP contribution < -0.4 is 10.7 Å². The highest BCUT2D eigenvalue weighted by Gasteiger charge is 2.12. The molecule has 2 aromatic carbocycles. The molecule has 0 atom stereocenters. The maximum absolute atomic E-state index is 12.4. The molecule has 1 fully saturated rings. The summed E-state index contributed by atoms with van der Waals surface area (Å²) in [5.74, 6) is 0.511. The van der Waals surface area contributed by atoms with Crippen LogP contribution in [0.3, 0.4) is 0 Å². The van der Waals surface area contributed by atoms with Crippen molar-refractivity contribution in [2.45, 2.75) is 12.8 Å². The van der Waals surface area contributed by atoms with Gasteiger partial charge in [-0.2, -0.15) is 10.2 Å². The molecule has 2 N–H and O–H groups in total. The molecule has 0 saturated carbocycles. The molecule has 0 unspecified atom stereocenters. The van der Waals surface area contributed by atoms with Gasteiger partial charge in [0.1, 0.15) is 6.33 Å². The van der Waals surface area contributed by atoms with Gasteiger partial charge in [0.15, 0.2) is 11.5 Å². The van der Waals surface area contributed by atoms with E-state index >= 15 is 0 Å². The largest absolute Gasteiger partial charge is 0.351 e. The number of hydrogen-bond acceptors (Lipinski definition) is 7. The highest BCUT2D eigenvalue weighted by Crippen LogP contribution is 2.21. The number of hydrogen-bond donors (Lipinski definition) is 2. The molecule has 1 saturated heterocycles. The molecular weight excluding hydrogens is 428 g/mol. The Morgan fingerprint density at radius 2 is 1.82 bits per heavy atom. The number of fused-ring (bicyclic) bond motifs is 1. The summed E-state index contributed by atoms with van der Waals surface area (Å²) >= 11 is 0. The topological polar surface area (TPSA) is 100 Å². The van der Waals surface area contributed by atoms with Crippen LogP contribution in [0.15, 0.2) is 72.2 Å². The van der Waals surface area contributed by atoms with Gasteiger partial charge in [0.25, 0.3) is 5.91 Å². The first-order valence-electron chi connectivity index (χ1n) is 11.4. The van der Waals surface area contributed by atoms with Gasteiger partial charge in [-0.15, -0.1) is 0 Å². The number of rotatable bonds is 8. The summed E-state index contributed by atoms with van der Waals surface area (Å²) in [7, 11) is 0. The Labute approximate surface area is 197 Å². The number of nitrogens with one attached hydrogen (secondary N) is 2. The number of carbonyl (C=O) groups excluding carboxylic acids is 1. The second-order valence-corrected chi connectivity index (χ2v) is 8.15. The third kappa shape index (κ3) is 4.94. The molecular formula is C25H26N8O. The van der Waals surface area contributed by atoms with Crippen molar-refractivity contribution in [2.75, 3.05) is 31.6 Å². The van der Waals surface area contributed by atoms with Crippen molar-refractivity contribution in [3.05, 3.63) is 78.2 Å². The Hall–Kier alpha value is -4.11. The van der Waals surface area contributed by atoms with E-state index in [9.17, 15) is 4.79 Å². The monoisotopic (exact) mass is 454 g/mol. The molecule has 2 aromatic heterocycles. The lowest BCUT2D eigenvalue weighted by atomic mass is 10.1. The Kier molecular flexibility index (Phi) is 6.53. The molecule has 5 rings (SSSR count). The number of anilines is 1. The minimum atomic E-state index is -0.0559. The Balaban J connectivity index is 1.19. The van der Waals surface area contributed by atoms with Crippen LogP contribution >= 0.6 is 0 Å². The predicted molar refractivity (Wildman–Crippen MR) is 132 cm³/mol. The molecule has 1 amide bonds. The van der Waals surface area contributed by atoms with E-state index in [-0.39, 0.29) is 5.91 Å². The Morgan fingerprint density at radius 3 is 2.62 bits per heavy atom. The summed E-state index contributed by atoms with van der Waals surface area (Å²) in [6.07, 6.45) is 7.40. The lowest BCUT2D eigenvalue weighted by Gasteiger charge is -2.14. The highest BCUT2D eigenvalue weighted by atomic mass is 16.1. The molecule has 1 aliphatic heterocycles. The van der Waals surface area contributed by atoms with Crippen molar-refractivity contribution in [2.24, 2.45) is 5.10 Å². The fraction of sp³-hybridized carbons (Fsp3) is 0.240. The van der Waals surface area contributed by atoms with Crippen molar-refractivity contribution in [3.63, 3.8) is 0 Å². The normalized spacial score (nSPS) is 14.1. The average molecular weight is 455 g/mol. The van der Waals surface area contributed by atoms with Crippen molar-refractivity contribution in [1.29, 1.82) is 0 Å². The standard InChI is InChI=1S/C25H26N8O/c34-25(26-12-15-32-13-4-5-14-32)20-10-8-19(9-11-20)16-29-31-23-22-17-30-33(24(22)28-18-27-23)21-6-2-1-3-7-21/h1-3,6-11,16-18H,4-5,12-15H2,(H,26,34)(H,27,28,31)/b29-16-. The predicted octanol–water partition coefficient (Wildman–Crippen LogP) is 3.09. The fourth-order valence-electron chi connectivity index (χ4n) is 4.02. The molecule has 0 bridgehead atoms. The quantitative estimate of drug-likeness (QED) is 0.314. The van der Waals surface area contributed by atoms with Gasteiger partial charge in [-0.05, 0) is 55.8 Å². The number of likely N-dealkylation sites (tertiary alicyclic amines) is 1. The van der Waals surface area contributed by atoms with Crippen LogP contribution in [0.2, 0.25) is 0 Å². The first-order chi connectivity index (χ1) is 16.8. The molecule has 4 aromatic rings. The van der Waals surface area contributed by atoms with Gasteiger partial charge < -0.3 is 10.2 Å². The average Bonchev–Trinajstić information content (AvgIpc) is 3.55. The van der Waals surface area contributed by atoms with Gasteiger partial charge in [-0.1, -0.05) is 30.3 Å². The molecule has 0 aliphatic carbocycles. The van der Waals surface area contributed by atoms with Gasteiger partial charge in [0, 0.05) is 18.7 Å². The Bertz CT molecular complexity index is 1280. The van der Waals surface area contributed by atoms with Crippen LogP contribution in [0.1, 0.15) is 28.8 Å². The zero-order valence-corrected chi connectivity index (χ0v) is 18.8. The van der Waals surface area contributed by atoms with Crippen molar-refractivity contribution in [1.82, 2.24) is 30.0 Å². The van der Waals surface area contributed by atoms with E-state index in [4.69, 9.17) is 0 Å². The number of amides is 1. The third-order valence-corrected chi connectivity index (χ3v) is 5.84. The summed E-state index contributed by atoms with van der Waals surface area (Å²) in [6, 6.07) is 17.1. The summed E-state index contributed by atoms with van der Waals surface area (Å²) < 4.78 is 1.76. The molecule has 1 aliphatic rings. The van der Waals surface area contributed by atoms with E-state index in [1.54, 1.807) is 29.2 Å². The first kappa shape index (κ1) is 21.7. The molecule has 172 valence electrons. The van der Waals surface area contributed by atoms with Crippen LogP contribution in [-0.2, 0) is 0 Å². The second kappa shape index (κ2) is 10.2. The van der Waals surface area contributed by atoms with Gasteiger partial charge in [-0.3, -0.25) is 10.2 Å². The van der Waals surface area contributed by atoms with E-state index in [0.29, 0.717) is 23.6 Å². The van der Waals surface area contributed by atoms with Gasteiger partial charge in [0.2, 0.25) is 0 Å². The minimum absolute atomic E-state index is 0.0559. The summed E-state index contributed by atoms with van der Waals surface area (Å²) in [5, 5.41) is 12.5. The third-order valence-electron chi connectivity index (χ3n) is 5.84. The van der Waals surface area contributed by atoms with Crippen LogP contribution in [0, 0.1) is 0 Å². The number of aromatic nitrogens is 4. The van der Waals surface area contributed by atoms with Crippen LogP contribution in [-0.4, -0.2) is 62.9 Å². The molecule has 0 spiro atoms. The zero-order chi connectivity index (χ0) is 23.2. The van der Waals surface area contributed by atoms with Crippen molar-refractivity contribution < 1.29 is 4.79 Å². The van der Waals surface area contributed by atoms with Gasteiger partial charge in [0.05, 0.1) is 23.5 Å². The maximum atomic E-state index is 12.4. The van der Waals surface area contributed by atoms with Crippen LogP contribution in [0.5, 0.6) is 0 Å². The zero-order valence-electron chi connectivity index (χ0n) is 18.8. The lowest BCUT2D eigenvalue weighted by molar-refractivity contribution is 0.0949. The second-order valence-electron chi connectivity index (χ2n) is 8.15. The first-order valence-corrected chi connectivity index (χ1v) is 11.4. The SMILES string of the molecule is O=C(NCCN1CCCC1)c1ccc(/C=N\Nc2ncnc3c2cnn3-c2ccccc2)cc1. The molecule has 3 heterocycles. The number of para-hydroxylation sites is 1. The number of nitrogens with zero attached hydrogens (tertiary/aromatic N) is 6. The van der Waals surface area contributed by atoms with Crippen LogP contribution in [0.25, 0.3) is 16.7 Å². The number of hydrazone groups is 1. The lowest BCUT2D eigenvalue weighted by Crippen LogP contribution is -2.33. The van der Waals surface area contributed by atoms with Crippen LogP contribution in [0.4, 0.5) is 5.82 Å².